The SMILES string of the molecule is CC1=NC2=C(C(=O)CCC2)[C@@H](c2ccccc2[N+](=O)[O-])C1C(=O)OCCOc1ccccc1. The molecule has 0 saturated carbocycles. The number of carbonyl (C=O) groups excluding carboxylic acids is 2. The molecule has 170 valence electrons. The van der Waals surface area contributed by atoms with Gasteiger partial charge in [0, 0.05) is 41.0 Å². The lowest BCUT2D eigenvalue weighted by Gasteiger charge is -2.34. The van der Waals surface area contributed by atoms with E-state index in [2.05, 4.69) is 4.99 Å². The summed E-state index contributed by atoms with van der Waals surface area (Å²) < 4.78 is 11.1. The van der Waals surface area contributed by atoms with Crippen molar-refractivity contribution in [2.45, 2.75) is 32.1 Å². The van der Waals surface area contributed by atoms with Crippen molar-refractivity contribution < 1.29 is 24.0 Å². The monoisotopic (exact) mass is 448 g/mol. The average molecular weight is 448 g/mol. The van der Waals surface area contributed by atoms with Gasteiger partial charge in [0.05, 0.1) is 4.92 Å². The molecule has 0 spiro atoms. The third kappa shape index (κ3) is 4.69. The summed E-state index contributed by atoms with van der Waals surface area (Å²) in [5.74, 6) is -1.79. The maximum atomic E-state index is 13.2. The minimum Gasteiger partial charge on any atom is -0.490 e. The highest BCUT2D eigenvalue weighted by molar-refractivity contribution is 6.09. The Hall–Kier alpha value is -3.81. The van der Waals surface area contributed by atoms with Crippen molar-refractivity contribution in [3.05, 3.63) is 81.5 Å². The Morgan fingerprint density at radius 2 is 1.82 bits per heavy atom. The van der Waals surface area contributed by atoms with Gasteiger partial charge in [-0.25, -0.2) is 0 Å². The van der Waals surface area contributed by atoms with Gasteiger partial charge in [0.25, 0.3) is 5.69 Å². The van der Waals surface area contributed by atoms with E-state index in [1.54, 1.807) is 37.3 Å². The fourth-order valence-electron chi connectivity index (χ4n) is 4.47. The van der Waals surface area contributed by atoms with Gasteiger partial charge in [-0.05, 0) is 31.9 Å². The highest BCUT2D eigenvalue weighted by Gasteiger charge is 2.45. The number of hydrogen-bond acceptors (Lipinski definition) is 7. The molecule has 0 saturated heterocycles. The normalized spacial score (nSPS) is 20.0. The molecule has 0 fully saturated rings. The summed E-state index contributed by atoms with van der Waals surface area (Å²) in [7, 11) is 0. The van der Waals surface area contributed by atoms with Crippen LogP contribution in [0.3, 0.4) is 0 Å². The number of para-hydroxylation sites is 2. The molecule has 33 heavy (non-hydrogen) atoms. The smallest absolute Gasteiger partial charge is 0.315 e. The molecule has 0 radical (unpaired) electrons. The van der Waals surface area contributed by atoms with Crippen LogP contribution in [0.15, 0.2) is 70.9 Å². The predicted octanol–water partition coefficient (Wildman–Crippen LogP) is 4.40. The summed E-state index contributed by atoms with van der Waals surface area (Å²) >= 11 is 0. The Morgan fingerprint density at radius 1 is 1.09 bits per heavy atom. The number of nitro groups is 1. The summed E-state index contributed by atoms with van der Waals surface area (Å²) in [6.45, 7) is 1.86. The number of nitro benzene ring substituents is 1. The molecule has 4 rings (SSSR count). The van der Waals surface area contributed by atoms with Crippen molar-refractivity contribution in [1.29, 1.82) is 0 Å². The molecule has 2 aromatic carbocycles. The molecule has 2 aliphatic rings. The van der Waals surface area contributed by atoms with E-state index < -0.39 is 22.7 Å². The van der Waals surface area contributed by atoms with Gasteiger partial charge in [0.2, 0.25) is 0 Å². The molecule has 1 aliphatic heterocycles. The molecule has 1 heterocycles. The second-order valence-electron chi connectivity index (χ2n) is 7.99. The summed E-state index contributed by atoms with van der Waals surface area (Å²) in [5.41, 5.74) is 1.68. The van der Waals surface area contributed by atoms with Gasteiger partial charge < -0.3 is 9.47 Å². The summed E-state index contributed by atoms with van der Waals surface area (Å²) in [6.07, 6.45) is 1.60. The van der Waals surface area contributed by atoms with Gasteiger partial charge in [-0.2, -0.15) is 0 Å². The van der Waals surface area contributed by atoms with Crippen LogP contribution in [0.25, 0.3) is 0 Å². The summed E-state index contributed by atoms with van der Waals surface area (Å²) in [4.78, 5) is 41.9. The Labute approximate surface area is 191 Å². The summed E-state index contributed by atoms with van der Waals surface area (Å²) in [5, 5.41) is 11.8. The molecule has 8 heteroatoms. The zero-order valence-corrected chi connectivity index (χ0v) is 18.2. The van der Waals surface area contributed by atoms with Crippen LogP contribution in [-0.2, 0) is 14.3 Å². The number of allylic oxidation sites excluding steroid dienone is 2. The topological polar surface area (TPSA) is 108 Å². The van der Waals surface area contributed by atoms with Crippen LogP contribution >= 0.6 is 0 Å². The lowest BCUT2D eigenvalue weighted by molar-refractivity contribution is -0.385. The highest BCUT2D eigenvalue weighted by Crippen LogP contribution is 2.45. The molecular formula is C25H24N2O6. The number of ether oxygens (including phenoxy) is 2. The molecule has 0 bridgehead atoms. The van der Waals surface area contributed by atoms with Crippen LogP contribution in [0.5, 0.6) is 5.75 Å². The van der Waals surface area contributed by atoms with Crippen LogP contribution in [0, 0.1) is 16.0 Å². The van der Waals surface area contributed by atoms with Gasteiger partial charge in [0.15, 0.2) is 5.78 Å². The second kappa shape index (κ2) is 9.77. The molecule has 0 aromatic heterocycles. The van der Waals surface area contributed by atoms with Gasteiger partial charge in [-0.15, -0.1) is 0 Å². The first kappa shape index (κ1) is 22.4. The zero-order chi connectivity index (χ0) is 23.4. The van der Waals surface area contributed by atoms with E-state index in [1.165, 1.54) is 6.07 Å². The average Bonchev–Trinajstić information content (AvgIpc) is 2.81. The van der Waals surface area contributed by atoms with E-state index in [-0.39, 0.29) is 24.7 Å². The standard InChI is InChI=1S/C25H24N2O6/c1-16-22(25(29)33-15-14-32-17-8-3-2-4-9-17)23(18-10-5-6-12-20(18)27(30)31)24-19(26-16)11-7-13-21(24)28/h2-6,8-10,12,22-23H,7,11,13-15H2,1H3/t22?,23-/m0/s1. The number of esters is 1. The lowest BCUT2D eigenvalue weighted by atomic mass is 9.71. The van der Waals surface area contributed by atoms with Gasteiger partial charge in [0.1, 0.15) is 24.9 Å². The van der Waals surface area contributed by atoms with Crippen molar-refractivity contribution >= 4 is 23.2 Å². The number of carbonyl (C=O) groups is 2. The number of ketones is 1. The van der Waals surface area contributed by atoms with Crippen LogP contribution in [0.1, 0.15) is 37.7 Å². The molecule has 8 nitrogen and oxygen atoms in total. The highest BCUT2D eigenvalue weighted by atomic mass is 16.6. The maximum Gasteiger partial charge on any atom is 0.315 e. The minimum absolute atomic E-state index is 0.000954. The molecule has 1 unspecified atom stereocenters. The van der Waals surface area contributed by atoms with Gasteiger partial charge in [-0.3, -0.25) is 24.7 Å². The second-order valence-corrected chi connectivity index (χ2v) is 7.99. The number of aliphatic imine (C=N–C) groups is 1. The van der Waals surface area contributed by atoms with Gasteiger partial charge in [-0.1, -0.05) is 36.4 Å². The number of nitrogens with zero attached hydrogens (tertiary/aromatic N) is 2. The molecule has 2 atom stereocenters. The van der Waals surface area contributed by atoms with E-state index in [9.17, 15) is 19.7 Å². The largest absolute Gasteiger partial charge is 0.490 e. The predicted molar refractivity (Wildman–Crippen MR) is 121 cm³/mol. The van der Waals surface area contributed by atoms with Crippen LogP contribution in [-0.4, -0.2) is 35.6 Å². The Balaban J connectivity index is 1.62. The first-order valence-electron chi connectivity index (χ1n) is 10.9. The number of hydrogen-bond donors (Lipinski definition) is 0. The first-order valence-corrected chi connectivity index (χ1v) is 10.9. The Bertz CT molecular complexity index is 1140. The van der Waals surface area contributed by atoms with Gasteiger partial charge >= 0.3 is 5.97 Å². The molecule has 0 amide bonds. The van der Waals surface area contributed by atoms with E-state index in [0.717, 1.165) is 0 Å². The first-order chi connectivity index (χ1) is 16.0. The molecular weight excluding hydrogens is 424 g/mol. The van der Waals surface area contributed by atoms with Crippen molar-refractivity contribution in [2.75, 3.05) is 13.2 Å². The molecule has 0 N–H and O–H groups in total. The van der Waals surface area contributed by atoms with Crippen LogP contribution < -0.4 is 4.74 Å². The van der Waals surface area contributed by atoms with E-state index >= 15 is 0 Å². The summed E-state index contributed by atoms with van der Waals surface area (Å²) in [6, 6.07) is 15.4. The molecule has 2 aromatic rings. The van der Waals surface area contributed by atoms with E-state index in [0.29, 0.717) is 47.6 Å². The van der Waals surface area contributed by atoms with Crippen molar-refractivity contribution in [3.8, 4) is 5.75 Å². The van der Waals surface area contributed by atoms with Crippen molar-refractivity contribution in [1.82, 2.24) is 0 Å². The number of benzene rings is 2. The fraction of sp³-hybridized carbons (Fsp3) is 0.320. The number of rotatable bonds is 7. The third-order valence-corrected chi connectivity index (χ3v) is 5.90. The van der Waals surface area contributed by atoms with Crippen LogP contribution in [0.4, 0.5) is 5.69 Å². The minimum atomic E-state index is -0.927. The molecule has 1 aliphatic carbocycles. The van der Waals surface area contributed by atoms with Crippen LogP contribution in [0.2, 0.25) is 0 Å². The lowest BCUT2D eigenvalue weighted by Crippen LogP contribution is -2.38. The number of Topliss-reactive ketones (excluding diaryl/α,β-unsaturated/α-hetero) is 1. The Morgan fingerprint density at radius 3 is 2.58 bits per heavy atom. The van der Waals surface area contributed by atoms with Crippen molar-refractivity contribution in [2.24, 2.45) is 10.9 Å². The zero-order valence-electron chi connectivity index (χ0n) is 18.2. The Kier molecular flexibility index (Phi) is 6.63. The van der Waals surface area contributed by atoms with E-state index in [4.69, 9.17) is 9.47 Å². The van der Waals surface area contributed by atoms with E-state index in [1.807, 2.05) is 18.2 Å². The maximum absolute atomic E-state index is 13.2. The van der Waals surface area contributed by atoms with Crippen molar-refractivity contribution in [3.63, 3.8) is 0 Å². The quantitative estimate of drug-likeness (QED) is 0.269. The third-order valence-electron chi connectivity index (χ3n) is 5.90. The fourth-order valence-corrected chi connectivity index (χ4v) is 4.47.